The van der Waals surface area contributed by atoms with Crippen LogP contribution in [0.5, 0.6) is 0 Å². The summed E-state index contributed by atoms with van der Waals surface area (Å²) in [5.41, 5.74) is 0.914. The fourth-order valence-electron chi connectivity index (χ4n) is 1.12. The molecule has 1 unspecified atom stereocenters. The lowest BCUT2D eigenvalue weighted by molar-refractivity contribution is 0.268. The second-order valence-corrected chi connectivity index (χ2v) is 4.65. The van der Waals surface area contributed by atoms with Gasteiger partial charge in [0, 0.05) is 24.5 Å². The second-order valence-electron chi connectivity index (χ2n) is 3.37. The summed E-state index contributed by atoms with van der Waals surface area (Å²) in [4.78, 5) is 0. The van der Waals surface area contributed by atoms with E-state index in [1.54, 1.807) is 4.68 Å². The van der Waals surface area contributed by atoms with Gasteiger partial charge in [0.05, 0.1) is 18.8 Å². The third-order valence-electron chi connectivity index (χ3n) is 2.06. The van der Waals surface area contributed by atoms with E-state index in [9.17, 15) is 0 Å². The summed E-state index contributed by atoms with van der Waals surface area (Å²) in [6.45, 7) is 4.48. The molecule has 0 amide bonds. The molecule has 5 nitrogen and oxygen atoms in total. The molecule has 86 valence electrons. The molecule has 0 aromatic carbocycles. The first-order chi connectivity index (χ1) is 7.26. The summed E-state index contributed by atoms with van der Waals surface area (Å²) in [5.74, 6) is 0. The number of aliphatic hydroxyl groups is 1. The normalized spacial score (nSPS) is 13.0. The van der Waals surface area contributed by atoms with Gasteiger partial charge in [0.1, 0.15) is 0 Å². The Bertz CT molecular complexity index is 279. The predicted octanol–water partition coefficient (Wildman–Crippen LogP) is 0.111. The van der Waals surface area contributed by atoms with Gasteiger partial charge in [0.15, 0.2) is 0 Å². The lowest BCUT2D eigenvalue weighted by Gasteiger charge is -2.07. The van der Waals surface area contributed by atoms with Crippen molar-refractivity contribution in [1.82, 2.24) is 20.3 Å². The number of rotatable bonds is 7. The number of hydrogen-bond donors (Lipinski definition) is 2. The van der Waals surface area contributed by atoms with E-state index in [1.807, 2.05) is 18.0 Å². The molecule has 15 heavy (non-hydrogen) atoms. The van der Waals surface area contributed by atoms with Gasteiger partial charge in [-0.1, -0.05) is 12.1 Å². The van der Waals surface area contributed by atoms with Crippen molar-refractivity contribution in [3.63, 3.8) is 0 Å². The number of aliphatic hydroxyl groups excluding tert-OH is 1. The van der Waals surface area contributed by atoms with Crippen LogP contribution in [0.3, 0.4) is 0 Å². The van der Waals surface area contributed by atoms with E-state index in [0.717, 1.165) is 18.8 Å². The molecule has 0 spiro atoms. The molecule has 1 heterocycles. The average molecular weight is 230 g/mol. The summed E-state index contributed by atoms with van der Waals surface area (Å²) < 4.78 is 1.65. The zero-order valence-electron chi connectivity index (χ0n) is 9.18. The number of aromatic nitrogens is 3. The van der Waals surface area contributed by atoms with Crippen LogP contribution in [0.25, 0.3) is 0 Å². The van der Waals surface area contributed by atoms with Crippen LogP contribution >= 0.6 is 11.8 Å². The number of nitrogens with zero attached hydrogens (tertiary/aromatic N) is 3. The number of nitrogens with one attached hydrogen (secondary N) is 1. The maximum absolute atomic E-state index is 8.70. The van der Waals surface area contributed by atoms with Gasteiger partial charge < -0.3 is 10.4 Å². The summed E-state index contributed by atoms with van der Waals surface area (Å²) in [7, 11) is 0. The molecule has 2 N–H and O–H groups in total. The molecular weight excluding hydrogens is 212 g/mol. The SMILES string of the molecule is CSC(C)CNCc1cn(CCO)nn1. The lowest BCUT2D eigenvalue weighted by Crippen LogP contribution is -2.22. The average Bonchev–Trinajstić information content (AvgIpc) is 2.66. The van der Waals surface area contributed by atoms with E-state index in [1.165, 1.54) is 0 Å². The van der Waals surface area contributed by atoms with Gasteiger partial charge in [-0.3, -0.25) is 0 Å². The van der Waals surface area contributed by atoms with Gasteiger partial charge in [-0.25, -0.2) is 4.68 Å². The van der Waals surface area contributed by atoms with E-state index in [4.69, 9.17) is 5.11 Å². The monoisotopic (exact) mass is 230 g/mol. The van der Waals surface area contributed by atoms with Crippen LogP contribution in [0.4, 0.5) is 0 Å². The van der Waals surface area contributed by atoms with Crippen molar-refractivity contribution < 1.29 is 5.11 Å². The molecule has 0 fully saturated rings. The standard InChI is InChI=1S/C9H18N4OS/c1-8(15-2)5-10-6-9-7-13(3-4-14)12-11-9/h7-8,10,14H,3-6H2,1-2H3. The van der Waals surface area contributed by atoms with E-state index in [0.29, 0.717) is 11.8 Å². The first kappa shape index (κ1) is 12.5. The van der Waals surface area contributed by atoms with Crippen molar-refractivity contribution in [3.05, 3.63) is 11.9 Å². The maximum atomic E-state index is 8.70. The Balaban J connectivity index is 2.25. The molecular formula is C9H18N4OS. The van der Waals surface area contributed by atoms with Crippen molar-refractivity contribution >= 4 is 11.8 Å². The van der Waals surface area contributed by atoms with Crippen LogP contribution in [-0.4, -0.2) is 44.8 Å². The summed E-state index contributed by atoms with van der Waals surface area (Å²) in [6.07, 6.45) is 3.96. The minimum absolute atomic E-state index is 0.0970. The van der Waals surface area contributed by atoms with Gasteiger partial charge in [0.25, 0.3) is 0 Å². The van der Waals surface area contributed by atoms with Crippen molar-refractivity contribution in [2.75, 3.05) is 19.4 Å². The van der Waals surface area contributed by atoms with Gasteiger partial charge in [-0.15, -0.1) is 5.10 Å². The summed E-state index contributed by atoms with van der Waals surface area (Å²) in [5, 5.41) is 20.5. The zero-order valence-corrected chi connectivity index (χ0v) is 10.00. The quantitative estimate of drug-likeness (QED) is 0.696. The van der Waals surface area contributed by atoms with Crippen molar-refractivity contribution in [1.29, 1.82) is 0 Å². The Hall–Kier alpha value is -0.590. The van der Waals surface area contributed by atoms with Crippen LogP contribution in [0.1, 0.15) is 12.6 Å². The Morgan fingerprint density at radius 1 is 1.67 bits per heavy atom. The highest BCUT2D eigenvalue weighted by Crippen LogP contribution is 2.02. The Morgan fingerprint density at radius 2 is 2.47 bits per heavy atom. The van der Waals surface area contributed by atoms with E-state index in [-0.39, 0.29) is 6.61 Å². The molecule has 0 saturated carbocycles. The van der Waals surface area contributed by atoms with E-state index < -0.39 is 0 Å². The fourth-order valence-corrected chi connectivity index (χ4v) is 1.40. The lowest BCUT2D eigenvalue weighted by atomic mass is 10.4. The molecule has 0 aliphatic rings. The van der Waals surface area contributed by atoms with Crippen LogP contribution in [0.15, 0.2) is 6.20 Å². The third kappa shape index (κ3) is 4.63. The first-order valence-corrected chi connectivity index (χ1v) is 6.28. The van der Waals surface area contributed by atoms with Gasteiger partial charge >= 0.3 is 0 Å². The van der Waals surface area contributed by atoms with Crippen molar-refractivity contribution in [2.45, 2.75) is 25.3 Å². The van der Waals surface area contributed by atoms with E-state index in [2.05, 4.69) is 28.8 Å². The van der Waals surface area contributed by atoms with Crippen molar-refractivity contribution in [3.8, 4) is 0 Å². The highest BCUT2D eigenvalue weighted by Gasteiger charge is 2.01. The van der Waals surface area contributed by atoms with Crippen LogP contribution in [0.2, 0.25) is 0 Å². The minimum atomic E-state index is 0.0970. The predicted molar refractivity (Wildman–Crippen MR) is 61.8 cm³/mol. The Kier molecular flexibility index (Phi) is 5.67. The smallest absolute Gasteiger partial charge is 0.0964 e. The molecule has 6 heteroatoms. The molecule has 0 aliphatic carbocycles. The molecule has 1 aromatic heterocycles. The Morgan fingerprint density at radius 3 is 3.13 bits per heavy atom. The highest BCUT2D eigenvalue weighted by molar-refractivity contribution is 7.99. The summed E-state index contributed by atoms with van der Waals surface area (Å²) in [6, 6.07) is 0. The molecule has 1 atom stereocenters. The molecule has 0 saturated heterocycles. The molecule has 1 rings (SSSR count). The van der Waals surface area contributed by atoms with Crippen LogP contribution in [-0.2, 0) is 13.1 Å². The Labute approximate surface area is 94.2 Å². The fraction of sp³-hybridized carbons (Fsp3) is 0.778. The second kappa shape index (κ2) is 6.81. The van der Waals surface area contributed by atoms with Gasteiger partial charge in [-0.2, -0.15) is 11.8 Å². The van der Waals surface area contributed by atoms with E-state index >= 15 is 0 Å². The van der Waals surface area contributed by atoms with Crippen LogP contribution < -0.4 is 5.32 Å². The number of hydrogen-bond acceptors (Lipinski definition) is 5. The topological polar surface area (TPSA) is 63.0 Å². The van der Waals surface area contributed by atoms with Gasteiger partial charge in [-0.05, 0) is 6.26 Å². The number of thioether (sulfide) groups is 1. The van der Waals surface area contributed by atoms with Gasteiger partial charge in [0.2, 0.25) is 0 Å². The summed E-state index contributed by atoms with van der Waals surface area (Å²) >= 11 is 1.84. The third-order valence-corrected chi connectivity index (χ3v) is 3.03. The zero-order chi connectivity index (χ0) is 11.1. The molecule has 1 aromatic rings. The highest BCUT2D eigenvalue weighted by atomic mass is 32.2. The molecule has 0 aliphatic heterocycles. The van der Waals surface area contributed by atoms with Crippen molar-refractivity contribution in [2.24, 2.45) is 0 Å². The van der Waals surface area contributed by atoms with Crippen LogP contribution in [0, 0.1) is 0 Å². The minimum Gasteiger partial charge on any atom is -0.394 e. The largest absolute Gasteiger partial charge is 0.394 e. The first-order valence-electron chi connectivity index (χ1n) is 4.99. The maximum Gasteiger partial charge on any atom is 0.0964 e. The molecule has 0 radical (unpaired) electrons. The molecule has 0 bridgehead atoms.